The molecule has 35 heavy (non-hydrogen) atoms. The van der Waals surface area contributed by atoms with E-state index in [1.165, 1.54) is 11.1 Å². The molecule has 0 aliphatic heterocycles. The molecule has 0 spiro atoms. The number of rotatable bonds is 3. The molecule has 0 saturated carbocycles. The Hall–Kier alpha value is -3.66. The average Bonchev–Trinajstić information content (AvgIpc) is 3.41. The molecule has 0 saturated heterocycles. The highest BCUT2D eigenvalue weighted by Crippen LogP contribution is 2.44. The van der Waals surface area contributed by atoms with E-state index < -0.39 is 0 Å². The van der Waals surface area contributed by atoms with Gasteiger partial charge in [-0.25, -0.2) is 9.97 Å². The zero-order chi connectivity index (χ0) is 25.0. The largest absolute Gasteiger partial charge is 0.441 e. The third kappa shape index (κ3) is 4.18. The summed E-state index contributed by atoms with van der Waals surface area (Å²) >= 11 is 0. The monoisotopic (exact) mass is 463 g/mol. The SMILES string of the molecule is Cc1nc2c(-c3nc(-c4ccccc4)c(-c4ccccc4)[nH]3)c(C(C)(C)C)cc(C(C)(C)C)c2o1. The van der Waals surface area contributed by atoms with E-state index in [4.69, 9.17) is 14.4 Å². The van der Waals surface area contributed by atoms with Gasteiger partial charge in [-0.1, -0.05) is 108 Å². The highest BCUT2D eigenvalue weighted by molar-refractivity contribution is 5.95. The van der Waals surface area contributed by atoms with Crippen molar-refractivity contribution >= 4 is 11.1 Å². The van der Waals surface area contributed by atoms with Gasteiger partial charge in [0.1, 0.15) is 11.3 Å². The van der Waals surface area contributed by atoms with Crippen LogP contribution in [0.3, 0.4) is 0 Å². The Kier molecular flexibility index (Phi) is 5.43. The normalized spacial score (nSPS) is 12.4. The fourth-order valence-corrected chi connectivity index (χ4v) is 4.69. The first-order valence-corrected chi connectivity index (χ1v) is 12.2. The fourth-order valence-electron chi connectivity index (χ4n) is 4.69. The average molecular weight is 464 g/mol. The van der Waals surface area contributed by atoms with Gasteiger partial charge >= 0.3 is 0 Å². The molecule has 0 atom stereocenters. The van der Waals surface area contributed by atoms with Crippen LogP contribution in [0.15, 0.2) is 71.1 Å². The number of oxazole rings is 1. The van der Waals surface area contributed by atoms with Gasteiger partial charge in [-0.15, -0.1) is 0 Å². The quantitative estimate of drug-likeness (QED) is 0.292. The van der Waals surface area contributed by atoms with E-state index in [2.05, 4.69) is 101 Å². The van der Waals surface area contributed by atoms with Gasteiger partial charge in [-0.2, -0.15) is 0 Å². The number of fused-ring (bicyclic) bond motifs is 1. The number of hydrogen-bond acceptors (Lipinski definition) is 3. The molecule has 0 aliphatic rings. The lowest BCUT2D eigenvalue weighted by molar-refractivity contribution is 0.530. The molecular weight excluding hydrogens is 430 g/mol. The van der Waals surface area contributed by atoms with Crippen LogP contribution >= 0.6 is 0 Å². The van der Waals surface area contributed by atoms with Crippen molar-refractivity contribution < 1.29 is 4.42 Å². The number of hydrogen-bond donors (Lipinski definition) is 1. The Bertz CT molecular complexity index is 1440. The third-order valence-corrected chi connectivity index (χ3v) is 6.44. The molecule has 0 bridgehead atoms. The van der Waals surface area contributed by atoms with Gasteiger partial charge in [-0.05, 0) is 16.4 Å². The summed E-state index contributed by atoms with van der Waals surface area (Å²) in [5.74, 6) is 1.47. The summed E-state index contributed by atoms with van der Waals surface area (Å²) in [7, 11) is 0. The summed E-state index contributed by atoms with van der Waals surface area (Å²) in [6.07, 6.45) is 0. The van der Waals surface area contributed by atoms with Crippen molar-refractivity contribution in [3.05, 3.63) is 83.7 Å². The van der Waals surface area contributed by atoms with Gasteiger partial charge in [0, 0.05) is 23.6 Å². The smallest absolute Gasteiger partial charge is 0.192 e. The van der Waals surface area contributed by atoms with Crippen molar-refractivity contribution in [2.45, 2.75) is 59.3 Å². The van der Waals surface area contributed by atoms with Crippen LogP contribution in [0.5, 0.6) is 0 Å². The molecule has 0 aliphatic carbocycles. The zero-order valence-corrected chi connectivity index (χ0v) is 21.7. The standard InChI is InChI=1S/C31H33N3O/c1-19-32-27-24(22(30(2,3)4)18-23(28(27)35-19)31(5,6)7)29-33-25(20-14-10-8-11-15-20)26(34-29)21-16-12-9-13-17-21/h8-18H,1-7H3,(H,33,34). The zero-order valence-electron chi connectivity index (χ0n) is 21.7. The lowest BCUT2D eigenvalue weighted by Crippen LogP contribution is -2.18. The minimum atomic E-state index is -0.122. The van der Waals surface area contributed by atoms with Gasteiger partial charge in [-0.3, -0.25) is 0 Å². The van der Waals surface area contributed by atoms with Crippen molar-refractivity contribution in [1.82, 2.24) is 15.0 Å². The minimum Gasteiger partial charge on any atom is -0.441 e. The highest BCUT2D eigenvalue weighted by Gasteiger charge is 2.31. The van der Waals surface area contributed by atoms with Crippen molar-refractivity contribution in [2.24, 2.45) is 0 Å². The molecule has 1 N–H and O–H groups in total. The Balaban J connectivity index is 1.87. The van der Waals surface area contributed by atoms with Gasteiger partial charge in [0.05, 0.1) is 17.0 Å². The van der Waals surface area contributed by atoms with E-state index in [0.717, 1.165) is 45.0 Å². The molecule has 3 aromatic carbocycles. The number of aryl methyl sites for hydroxylation is 1. The lowest BCUT2D eigenvalue weighted by Gasteiger charge is -2.27. The van der Waals surface area contributed by atoms with Crippen LogP contribution in [-0.2, 0) is 10.8 Å². The first-order chi connectivity index (χ1) is 16.5. The van der Waals surface area contributed by atoms with E-state index in [1.807, 2.05) is 19.1 Å². The van der Waals surface area contributed by atoms with E-state index in [0.29, 0.717) is 5.89 Å². The third-order valence-electron chi connectivity index (χ3n) is 6.44. The maximum atomic E-state index is 6.21. The summed E-state index contributed by atoms with van der Waals surface area (Å²) in [5, 5.41) is 0. The van der Waals surface area contributed by atoms with Crippen LogP contribution in [0.1, 0.15) is 58.6 Å². The summed E-state index contributed by atoms with van der Waals surface area (Å²) in [5.41, 5.74) is 8.99. The number of benzene rings is 3. The van der Waals surface area contributed by atoms with E-state index >= 15 is 0 Å². The maximum Gasteiger partial charge on any atom is 0.192 e. The lowest BCUT2D eigenvalue weighted by atomic mass is 9.77. The Morgan fingerprint density at radius 3 is 1.86 bits per heavy atom. The first-order valence-electron chi connectivity index (χ1n) is 12.2. The number of nitrogens with one attached hydrogen (secondary N) is 1. The molecule has 5 aromatic rings. The first kappa shape index (κ1) is 23.1. The van der Waals surface area contributed by atoms with Gasteiger partial charge < -0.3 is 9.40 Å². The molecular formula is C31H33N3O. The Morgan fingerprint density at radius 2 is 1.29 bits per heavy atom. The van der Waals surface area contributed by atoms with Gasteiger partial charge in [0.15, 0.2) is 11.5 Å². The maximum absolute atomic E-state index is 6.21. The molecule has 4 nitrogen and oxygen atoms in total. The van der Waals surface area contributed by atoms with Gasteiger partial charge in [0.2, 0.25) is 0 Å². The molecule has 0 unspecified atom stereocenters. The number of H-pyrrole nitrogens is 1. The second kappa shape index (κ2) is 8.23. The number of aromatic amines is 1. The van der Waals surface area contributed by atoms with E-state index in [-0.39, 0.29) is 10.8 Å². The molecule has 0 amide bonds. The van der Waals surface area contributed by atoms with Crippen LogP contribution in [0.4, 0.5) is 0 Å². The van der Waals surface area contributed by atoms with E-state index in [9.17, 15) is 0 Å². The minimum absolute atomic E-state index is 0.0870. The predicted molar refractivity (Wildman–Crippen MR) is 145 cm³/mol. The van der Waals surface area contributed by atoms with E-state index in [1.54, 1.807) is 0 Å². The van der Waals surface area contributed by atoms with Crippen LogP contribution < -0.4 is 0 Å². The second-order valence-corrected chi connectivity index (χ2v) is 11.3. The van der Waals surface area contributed by atoms with Gasteiger partial charge in [0.25, 0.3) is 0 Å². The Morgan fingerprint density at radius 1 is 0.714 bits per heavy atom. The van der Waals surface area contributed by atoms with Crippen LogP contribution in [-0.4, -0.2) is 15.0 Å². The molecule has 2 aromatic heterocycles. The predicted octanol–water partition coefficient (Wildman–Crippen LogP) is 8.46. The van der Waals surface area contributed by atoms with Crippen molar-refractivity contribution in [1.29, 1.82) is 0 Å². The fraction of sp³-hybridized carbons (Fsp3) is 0.290. The van der Waals surface area contributed by atoms with Crippen molar-refractivity contribution in [3.8, 4) is 33.9 Å². The number of nitrogens with zero attached hydrogens (tertiary/aromatic N) is 2. The van der Waals surface area contributed by atoms with Crippen LogP contribution in [0.2, 0.25) is 0 Å². The van der Waals surface area contributed by atoms with Crippen LogP contribution in [0, 0.1) is 6.92 Å². The molecule has 2 heterocycles. The molecule has 0 radical (unpaired) electrons. The highest BCUT2D eigenvalue weighted by atomic mass is 16.3. The topological polar surface area (TPSA) is 54.7 Å². The molecule has 178 valence electrons. The molecule has 4 heteroatoms. The summed E-state index contributed by atoms with van der Waals surface area (Å²) in [6, 6.07) is 23.0. The summed E-state index contributed by atoms with van der Waals surface area (Å²) in [4.78, 5) is 13.8. The van der Waals surface area contributed by atoms with Crippen molar-refractivity contribution in [3.63, 3.8) is 0 Å². The second-order valence-electron chi connectivity index (χ2n) is 11.3. The summed E-state index contributed by atoms with van der Waals surface area (Å²) < 4.78 is 6.21. The number of aromatic nitrogens is 3. The molecule has 5 rings (SSSR count). The molecule has 0 fully saturated rings. The summed E-state index contributed by atoms with van der Waals surface area (Å²) in [6.45, 7) is 15.3. The Labute approximate surface area is 207 Å². The van der Waals surface area contributed by atoms with Crippen molar-refractivity contribution in [2.75, 3.05) is 0 Å². The number of imidazole rings is 1. The van der Waals surface area contributed by atoms with Crippen LogP contribution in [0.25, 0.3) is 45.0 Å².